The van der Waals surface area contributed by atoms with E-state index in [9.17, 15) is 18.0 Å². The molecule has 0 spiro atoms. The van der Waals surface area contributed by atoms with Gasteiger partial charge in [-0.1, -0.05) is 5.16 Å². The maximum Gasteiger partial charge on any atom is 0.433 e. The van der Waals surface area contributed by atoms with Gasteiger partial charge in [0, 0.05) is 17.0 Å². The Bertz CT molecular complexity index is 1370. The number of carbonyl (C=O) groups is 1. The summed E-state index contributed by atoms with van der Waals surface area (Å²) in [5.74, 6) is 0.0632. The number of pyridine rings is 1. The lowest BCUT2D eigenvalue weighted by molar-refractivity contribution is -0.140. The Hall–Kier alpha value is -3.45. The van der Waals surface area contributed by atoms with Crippen LogP contribution >= 0.6 is 15.9 Å². The number of nitrogens with one attached hydrogen (secondary N) is 1. The van der Waals surface area contributed by atoms with Crippen molar-refractivity contribution >= 4 is 32.7 Å². The molecule has 0 aliphatic heterocycles. The van der Waals surface area contributed by atoms with Crippen molar-refractivity contribution in [3.05, 3.63) is 57.8 Å². The van der Waals surface area contributed by atoms with Crippen molar-refractivity contribution in [2.45, 2.75) is 25.7 Å². The Labute approximate surface area is 198 Å². The van der Waals surface area contributed by atoms with Crippen LogP contribution in [0.1, 0.15) is 40.7 Å². The highest BCUT2D eigenvalue weighted by Gasteiger charge is 2.33. The summed E-state index contributed by atoms with van der Waals surface area (Å²) in [7, 11) is 1.32. The number of carbonyl (C=O) groups excluding carboxylic acids is 1. The third-order valence-electron chi connectivity index (χ3n) is 4.80. The molecule has 3 N–H and O–H groups in total. The Morgan fingerprint density at radius 3 is 2.65 bits per heavy atom. The van der Waals surface area contributed by atoms with Crippen LogP contribution in [0.5, 0.6) is 5.75 Å². The van der Waals surface area contributed by atoms with Gasteiger partial charge in [-0.25, -0.2) is 9.97 Å². The van der Waals surface area contributed by atoms with Crippen molar-refractivity contribution in [2.75, 3.05) is 7.11 Å². The summed E-state index contributed by atoms with van der Waals surface area (Å²) in [5.41, 5.74) is 5.13. The zero-order valence-corrected chi connectivity index (χ0v) is 19.3. The molecule has 0 fully saturated rings. The second kappa shape index (κ2) is 9.06. The molecule has 0 aliphatic rings. The molecule has 4 aromatic rings. The average Bonchev–Trinajstić information content (AvgIpc) is 3.42. The summed E-state index contributed by atoms with van der Waals surface area (Å²) in [6, 6.07) is 6.00. The zero-order chi connectivity index (χ0) is 24.6. The number of nitrogens with two attached hydrogens (primary N) is 1. The van der Waals surface area contributed by atoms with Gasteiger partial charge in [0.15, 0.2) is 17.2 Å². The first-order valence-electron chi connectivity index (χ1n) is 9.79. The summed E-state index contributed by atoms with van der Waals surface area (Å²) < 4.78 is 56.1. The number of rotatable bonds is 6. The molecule has 0 saturated carbocycles. The fourth-order valence-corrected chi connectivity index (χ4v) is 3.57. The van der Waals surface area contributed by atoms with E-state index in [0.717, 1.165) is 6.07 Å². The summed E-state index contributed by atoms with van der Waals surface area (Å²) >= 11 is 3.15. The summed E-state index contributed by atoms with van der Waals surface area (Å²) in [6.07, 6.45) is -4.63. The standard InChI is InChI=1S/C21H17BrF3N5O4/c1-9(26)18-17(19(31)27-8-10-7-15(22)30-34-10)29-20(33-18)12-3-5-13(32-2)16-11(12)4-6-14(28-16)21(23,24)25/h3-7,9H,8,26H2,1-2H3,(H,27,31)/t9-/m0/s1. The predicted molar refractivity (Wildman–Crippen MR) is 117 cm³/mol. The number of alkyl halides is 3. The normalized spacial score (nSPS) is 12.7. The Morgan fingerprint density at radius 1 is 1.26 bits per heavy atom. The van der Waals surface area contributed by atoms with Gasteiger partial charge in [-0.2, -0.15) is 13.2 Å². The topological polar surface area (TPSA) is 129 Å². The largest absolute Gasteiger partial charge is 0.494 e. The van der Waals surface area contributed by atoms with Gasteiger partial charge in [0.1, 0.15) is 21.6 Å². The van der Waals surface area contributed by atoms with Crippen molar-refractivity contribution in [3.8, 4) is 17.2 Å². The number of hydrogen-bond donors (Lipinski definition) is 2. The number of ether oxygens (including phenoxy) is 1. The van der Waals surface area contributed by atoms with Crippen LogP contribution in [0, 0.1) is 0 Å². The number of oxazole rings is 1. The first-order valence-corrected chi connectivity index (χ1v) is 10.6. The number of halogens is 4. The second-order valence-electron chi connectivity index (χ2n) is 7.22. The van der Waals surface area contributed by atoms with Gasteiger partial charge in [-0.05, 0) is 47.1 Å². The molecular formula is C21H17BrF3N5O4. The van der Waals surface area contributed by atoms with Gasteiger partial charge in [0.25, 0.3) is 5.91 Å². The number of amides is 1. The van der Waals surface area contributed by atoms with Crippen molar-refractivity contribution in [1.29, 1.82) is 0 Å². The third-order valence-corrected chi connectivity index (χ3v) is 5.17. The van der Waals surface area contributed by atoms with Crippen LogP contribution in [-0.4, -0.2) is 28.1 Å². The molecule has 0 unspecified atom stereocenters. The van der Waals surface area contributed by atoms with Crippen molar-refractivity contribution in [1.82, 2.24) is 20.4 Å². The SMILES string of the molecule is COc1ccc(-c2nc(C(=O)NCc3cc(Br)no3)c([C@H](C)N)o2)c2ccc(C(F)(F)F)nc12. The van der Waals surface area contributed by atoms with Crippen LogP contribution in [0.25, 0.3) is 22.4 Å². The molecule has 3 heterocycles. The molecular weight excluding hydrogens is 523 g/mol. The molecule has 178 valence electrons. The maximum absolute atomic E-state index is 13.2. The predicted octanol–water partition coefficient (Wildman–Crippen LogP) is 4.62. The maximum atomic E-state index is 13.2. The number of nitrogens with zero attached hydrogens (tertiary/aromatic N) is 3. The number of fused-ring (bicyclic) bond motifs is 1. The molecule has 0 saturated heterocycles. The molecule has 34 heavy (non-hydrogen) atoms. The smallest absolute Gasteiger partial charge is 0.433 e. The lowest BCUT2D eigenvalue weighted by atomic mass is 10.1. The Morgan fingerprint density at radius 2 is 2.03 bits per heavy atom. The van der Waals surface area contributed by atoms with Crippen LogP contribution in [0.15, 0.2) is 43.9 Å². The zero-order valence-electron chi connectivity index (χ0n) is 17.7. The van der Waals surface area contributed by atoms with E-state index in [4.69, 9.17) is 19.4 Å². The van der Waals surface area contributed by atoms with Crippen LogP contribution < -0.4 is 15.8 Å². The fourth-order valence-electron chi connectivity index (χ4n) is 3.24. The first-order chi connectivity index (χ1) is 16.1. The minimum absolute atomic E-state index is 0.00549. The lowest BCUT2D eigenvalue weighted by Crippen LogP contribution is -2.25. The molecule has 4 rings (SSSR count). The summed E-state index contributed by atoms with van der Waals surface area (Å²) in [6.45, 7) is 1.64. The van der Waals surface area contributed by atoms with Crippen molar-refractivity contribution in [3.63, 3.8) is 0 Å². The van der Waals surface area contributed by atoms with Crippen molar-refractivity contribution < 1.29 is 31.6 Å². The summed E-state index contributed by atoms with van der Waals surface area (Å²) in [4.78, 5) is 20.8. The van der Waals surface area contributed by atoms with Gasteiger partial charge in [0.2, 0.25) is 5.89 Å². The van der Waals surface area contributed by atoms with Gasteiger partial charge < -0.3 is 24.7 Å². The molecule has 0 radical (unpaired) electrons. The molecule has 1 atom stereocenters. The summed E-state index contributed by atoms with van der Waals surface area (Å²) in [5, 5.41) is 6.60. The number of benzene rings is 1. The average molecular weight is 540 g/mol. The monoisotopic (exact) mass is 539 g/mol. The molecule has 1 aromatic carbocycles. The Kier molecular flexibility index (Phi) is 6.32. The van der Waals surface area contributed by atoms with Crippen LogP contribution in [0.4, 0.5) is 13.2 Å². The lowest BCUT2D eigenvalue weighted by Gasteiger charge is -2.11. The second-order valence-corrected chi connectivity index (χ2v) is 8.04. The quantitative estimate of drug-likeness (QED) is 0.363. The van der Waals surface area contributed by atoms with E-state index in [2.05, 4.69) is 36.4 Å². The van der Waals surface area contributed by atoms with E-state index in [0.29, 0.717) is 21.3 Å². The molecule has 0 bridgehead atoms. The molecule has 1 amide bonds. The molecule has 3 aromatic heterocycles. The molecule has 0 aliphatic carbocycles. The van der Waals surface area contributed by atoms with Gasteiger partial charge in [-0.15, -0.1) is 0 Å². The third kappa shape index (κ3) is 4.61. The van der Waals surface area contributed by atoms with Gasteiger partial charge >= 0.3 is 6.18 Å². The number of hydrogen-bond acceptors (Lipinski definition) is 8. The van der Waals surface area contributed by atoms with Crippen LogP contribution in [0.3, 0.4) is 0 Å². The highest BCUT2D eigenvalue weighted by atomic mass is 79.9. The number of aromatic nitrogens is 3. The van der Waals surface area contributed by atoms with Gasteiger partial charge in [0.05, 0.1) is 19.7 Å². The van der Waals surface area contributed by atoms with E-state index in [1.807, 2.05) is 0 Å². The van der Waals surface area contributed by atoms with Gasteiger partial charge in [-0.3, -0.25) is 4.79 Å². The van der Waals surface area contributed by atoms with Crippen molar-refractivity contribution in [2.24, 2.45) is 5.73 Å². The van der Waals surface area contributed by atoms with E-state index >= 15 is 0 Å². The first kappa shape index (κ1) is 23.7. The Balaban J connectivity index is 1.75. The molecule has 9 nitrogen and oxygen atoms in total. The van der Waals surface area contributed by atoms with E-state index in [-0.39, 0.29) is 35.2 Å². The fraction of sp³-hybridized carbons (Fsp3) is 0.238. The highest BCUT2D eigenvalue weighted by Crippen LogP contribution is 2.37. The van der Waals surface area contributed by atoms with E-state index in [1.54, 1.807) is 19.1 Å². The minimum Gasteiger partial charge on any atom is -0.494 e. The molecule has 13 heteroatoms. The highest BCUT2D eigenvalue weighted by molar-refractivity contribution is 9.10. The number of methoxy groups -OCH3 is 1. The van der Waals surface area contributed by atoms with E-state index in [1.165, 1.54) is 19.2 Å². The minimum atomic E-state index is -4.63. The van der Waals surface area contributed by atoms with Crippen LogP contribution in [-0.2, 0) is 12.7 Å². The van der Waals surface area contributed by atoms with Crippen LogP contribution in [0.2, 0.25) is 0 Å². The van der Waals surface area contributed by atoms with E-state index < -0.39 is 23.8 Å².